The molecule has 4 rings (SSSR count). The number of aromatic nitrogens is 1. The van der Waals surface area contributed by atoms with E-state index in [4.69, 9.17) is 9.84 Å². The molecule has 2 aromatic carbocycles. The van der Waals surface area contributed by atoms with Crippen molar-refractivity contribution < 1.29 is 19.4 Å². The van der Waals surface area contributed by atoms with Crippen molar-refractivity contribution in [2.45, 2.75) is 19.3 Å². The van der Waals surface area contributed by atoms with E-state index in [1.807, 2.05) is 54.6 Å². The minimum atomic E-state index is -0.897. The van der Waals surface area contributed by atoms with Crippen LogP contribution in [0.4, 0.5) is 0 Å². The predicted molar refractivity (Wildman–Crippen MR) is 112 cm³/mol. The maximum absolute atomic E-state index is 13.0. The quantitative estimate of drug-likeness (QED) is 0.592. The van der Waals surface area contributed by atoms with Crippen LogP contribution in [-0.4, -0.2) is 28.4 Å². The largest absolute Gasteiger partial charge is 0.493 e. The second kappa shape index (κ2) is 8.41. The van der Waals surface area contributed by atoms with E-state index in [-0.39, 0.29) is 18.8 Å². The zero-order valence-corrected chi connectivity index (χ0v) is 16.4. The van der Waals surface area contributed by atoms with Crippen LogP contribution in [0.3, 0.4) is 0 Å². The molecule has 6 heteroatoms. The third-order valence-electron chi connectivity index (χ3n) is 4.63. The summed E-state index contributed by atoms with van der Waals surface area (Å²) in [6.07, 6.45) is 3.22. The minimum Gasteiger partial charge on any atom is -0.493 e. The number of aryl methyl sites for hydroxylation is 1. The van der Waals surface area contributed by atoms with Crippen molar-refractivity contribution in [2.75, 3.05) is 6.61 Å². The normalized spacial score (nSPS) is 14.6. The molecule has 0 aliphatic heterocycles. The summed E-state index contributed by atoms with van der Waals surface area (Å²) in [5.41, 5.74) is 3.51. The molecule has 1 aliphatic rings. The summed E-state index contributed by atoms with van der Waals surface area (Å²) < 4.78 is 5.48. The summed E-state index contributed by atoms with van der Waals surface area (Å²) >= 11 is 1.45. The van der Waals surface area contributed by atoms with Gasteiger partial charge in [-0.2, -0.15) is 0 Å². The highest BCUT2D eigenvalue weighted by atomic mass is 32.1. The standard InChI is InChI=1S/C23H19NO4S/c25-20(26)11-12-28-18-8-4-5-15(14-18)13-17-9-10-19-22(21(17)27)29-23(24-19)16-6-2-1-3-7-16/h1-8,13-14H,9-12H2,(H,25,26)/b17-13+. The molecule has 0 atom stereocenters. The molecule has 0 fully saturated rings. The van der Waals surface area contributed by atoms with Crippen LogP contribution in [0.1, 0.15) is 33.8 Å². The first-order chi connectivity index (χ1) is 14.1. The summed E-state index contributed by atoms with van der Waals surface area (Å²) in [4.78, 5) is 29.0. The fourth-order valence-electron chi connectivity index (χ4n) is 3.20. The van der Waals surface area contributed by atoms with Gasteiger partial charge in [0.25, 0.3) is 0 Å². The molecule has 1 aromatic heterocycles. The van der Waals surface area contributed by atoms with Gasteiger partial charge in [0.2, 0.25) is 5.78 Å². The number of nitrogens with zero attached hydrogens (tertiary/aromatic N) is 1. The number of aliphatic carboxylic acids is 1. The molecule has 1 aliphatic carbocycles. The Morgan fingerprint density at radius 2 is 1.97 bits per heavy atom. The van der Waals surface area contributed by atoms with Gasteiger partial charge >= 0.3 is 5.97 Å². The molecule has 29 heavy (non-hydrogen) atoms. The Labute approximate surface area is 172 Å². The van der Waals surface area contributed by atoms with Crippen molar-refractivity contribution in [2.24, 2.45) is 0 Å². The summed E-state index contributed by atoms with van der Waals surface area (Å²) in [7, 11) is 0. The van der Waals surface area contributed by atoms with Gasteiger partial charge in [0.05, 0.1) is 23.6 Å². The number of ketones is 1. The molecule has 0 saturated heterocycles. The molecule has 0 spiro atoms. The Hall–Kier alpha value is -3.25. The van der Waals surface area contributed by atoms with Crippen LogP contribution >= 0.6 is 11.3 Å². The van der Waals surface area contributed by atoms with E-state index < -0.39 is 5.97 Å². The van der Waals surface area contributed by atoms with E-state index in [1.165, 1.54) is 11.3 Å². The number of carboxylic acids is 1. The Kier molecular flexibility index (Phi) is 5.53. The van der Waals surface area contributed by atoms with E-state index in [9.17, 15) is 9.59 Å². The fraction of sp³-hybridized carbons (Fsp3) is 0.174. The minimum absolute atomic E-state index is 0.0307. The van der Waals surface area contributed by atoms with Gasteiger partial charge in [0.15, 0.2) is 0 Å². The molecule has 1 N–H and O–H groups in total. The second-order valence-corrected chi connectivity index (χ2v) is 7.72. The van der Waals surface area contributed by atoms with Gasteiger partial charge in [-0.1, -0.05) is 42.5 Å². The molecule has 3 aromatic rings. The van der Waals surface area contributed by atoms with Gasteiger partial charge in [0.1, 0.15) is 10.8 Å². The number of carbonyl (C=O) groups excluding carboxylic acids is 1. The number of thiazole rings is 1. The van der Waals surface area contributed by atoms with E-state index in [1.54, 1.807) is 6.07 Å². The number of allylic oxidation sites excluding steroid dienone is 1. The Balaban J connectivity index is 1.54. The fourth-order valence-corrected chi connectivity index (χ4v) is 4.30. The maximum Gasteiger partial charge on any atom is 0.306 e. The van der Waals surface area contributed by atoms with Crippen molar-refractivity contribution in [3.05, 3.63) is 76.3 Å². The van der Waals surface area contributed by atoms with Crippen LogP contribution in [0.5, 0.6) is 5.75 Å². The van der Waals surface area contributed by atoms with Gasteiger partial charge in [0, 0.05) is 11.1 Å². The predicted octanol–water partition coefficient (Wildman–Crippen LogP) is 4.88. The number of Topliss-reactive ketones (excluding diaryl/α,β-unsaturated/α-hetero) is 1. The van der Waals surface area contributed by atoms with E-state index >= 15 is 0 Å². The van der Waals surface area contributed by atoms with Gasteiger partial charge in [-0.05, 0) is 36.6 Å². The molecular weight excluding hydrogens is 386 g/mol. The lowest BCUT2D eigenvalue weighted by molar-refractivity contribution is -0.137. The Morgan fingerprint density at radius 3 is 2.76 bits per heavy atom. The summed E-state index contributed by atoms with van der Waals surface area (Å²) in [6, 6.07) is 17.2. The average Bonchev–Trinajstić information content (AvgIpc) is 3.16. The van der Waals surface area contributed by atoms with Crippen LogP contribution in [0, 0.1) is 0 Å². The number of hydrogen-bond donors (Lipinski definition) is 1. The van der Waals surface area contributed by atoms with Crippen LogP contribution in [0.2, 0.25) is 0 Å². The average molecular weight is 405 g/mol. The number of carboxylic acid groups (broad SMARTS) is 1. The highest BCUT2D eigenvalue weighted by molar-refractivity contribution is 7.17. The molecule has 0 saturated carbocycles. The maximum atomic E-state index is 13.0. The van der Waals surface area contributed by atoms with Crippen LogP contribution in [0.25, 0.3) is 16.6 Å². The van der Waals surface area contributed by atoms with Crippen LogP contribution in [0.15, 0.2) is 60.2 Å². The lowest BCUT2D eigenvalue weighted by Crippen LogP contribution is -2.12. The Bertz CT molecular complexity index is 1090. The van der Waals surface area contributed by atoms with E-state index in [0.717, 1.165) is 38.7 Å². The first-order valence-electron chi connectivity index (χ1n) is 9.35. The molecule has 0 radical (unpaired) electrons. The van der Waals surface area contributed by atoms with Crippen LogP contribution in [-0.2, 0) is 11.2 Å². The van der Waals surface area contributed by atoms with Crippen LogP contribution < -0.4 is 4.74 Å². The van der Waals surface area contributed by atoms with Gasteiger partial charge in [-0.3, -0.25) is 9.59 Å². The molecule has 1 heterocycles. The number of rotatable bonds is 6. The first-order valence-corrected chi connectivity index (χ1v) is 10.2. The highest BCUT2D eigenvalue weighted by Crippen LogP contribution is 2.35. The topological polar surface area (TPSA) is 76.5 Å². The molecule has 146 valence electrons. The zero-order valence-electron chi connectivity index (χ0n) is 15.6. The zero-order chi connectivity index (χ0) is 20.2. The van der Waals surface area contributed by atoms with Crippen molar-refractivity contribution in [1.29, 1.82) is 0 Å². The van der Waals surface area contributed by atoms with E-state index in [0.29, 0.717) is 12.2 Å². The molecule has 5 nitrogen and oxygen atoms in total. The number of hydrogen-bond acceptors (Lipinski definition) is 5. The summed E-state index contributed by atoms with van der Waals surface area (Å²) in [5, 5.41) is 9.59. The van der Waals surface area contributed by atoms with Crippen molar-refractivity contribution in [1.82, 2.24) is 4.98 Å². The SMILES string of the molecule is O=C(O)CCOc1cccc(/C=C2\CCc3nc(-c4ccccc4)sc3C2=O)c1. The third-order valence-corrected chi connectivity index (χ3v) is 5.78. The van der Waals surface area contributed by atoms with Crippen molar-refractivity contribution >= 4 is 29.2 Å². The molecule has 0 amide bonds. The van der Waals surface area contributed by atoms with E-state index in [2.05, 4.69) is 4.98 Å². The summed E-state index contributed by atoms with van der Waals surface area (Å²) in [5.74, 6) is -0.275. The molecule has 0 unspecified atom stereocenters. The molecule has 0 bridgehead atoms. The van der Waals surface area contributed by atoms with Crippen molar-refractivity contribution in [3.8, 4) is 16.3 Å². The number of benzene rings is 2. The lowest BCUT2D eigenvalue weighted by Gasteiger charge is -2.12. The number of carbonyl (C=O) groups is 2. The highest BCUT2D eigenvalue weighted by Gasteiger charge is 2.26. The second-order valence-electron chi connectivity index (χ2n) is 6.72. The summed E-state index contributed by atoms with van der Waals surface area (Å²) in [6.45, 7) is 0.112. The monoisotopic (exact) mass is 405 g/mol. The smallest absolute Gasteiger partial charge is 0.306 e. The van der Waals surface area contributed by atoms with Gasteiger partial charge in [-0.25, -0.2) is 4.98 Å². The first kappa shape index (κ1) is 19.1. The van der Waals surface area contributed by atoms with Gasteiger partial charge in [-0.15, -0.1) is 11.3 Å². The number of ether oxygens (including phenoxy) is 1. The molecular formula is C23H19NO4S. The Morgan fingerprint density at radius 1 is 1.14 bits per heavy atom. The third kappa shape index (κ3) is 4.43. The number of fused-ring (bicyclic) bond motifs is 1. The lowest BCUT2D eigenvalue weighted by atomic mass is 9.94. The van der Waals surface area contributed by atoms with Gasteiger partial charge < -0.3 is 9.84 Å². The van der Waals surface area contributed by atoms with Crippen molar-refractivity contribution in [3.63, 3.8) is 0 Å².